The first kappa shape index (κ1) is 13.7. The van der Waals surface area contributed by atoms with Gasteiger partial charge in [-0.25, -0.2) is 8.78 Å². The molecule has 5 nitrogen and oxygen atoms in total. The average Bonchev–Trinajstić information content (AvgIpc) is 2.73. The third-order valence-electron chi connectivity index (χ3n) is 2.22. The molecule has 0 aliphatic rings. The lowest BCUT2D eigenvalue weighted by molar-refractivity contribution is 0.266. The fourth-order valence-electron chi connectivity index (χ4n) is 1.22. The minimum atomic E-state index is -1.74. The quantitative estimate of drug-likeness (QED) is 0.685. The number of aliphatic hydroxyl groups is 1. The summed E-state index contributed by atoms with van der Waals surface area (Å²) >= 11 is 0.340. The van der Waals surface area contributed by atoms with Crippen molar-refractivity contribution >= 4 is 11.8 Å². The smallest absolute Gasteiger partial charge is 0.252 e. The zero-order valence-electron chi connectivity index (χ0n) is 9.36. The Morgan fingerprint density at radius 2 is 1.68 bits per heavy atom. The Hall–Kier alpha value is -1.68. The van der Waals surface area contributed by atoms with Gasteiger partial charge in [0.15, 0.2) is 22.6 Å². The van der Waals surface area contributed by atoms with E-state index in [1.165, 1.54) is 11.6 Å². The normalized spacial score (nSPS) is 11.1. The topological polar surface area (TPSA) is 63.8 Å². The SMILES string of the molecule is Cn1c(CO)nnc1Sc1c(F)c(F)nc(F)c1F. The Kier molecular flexibility index (Phi) is 3.71. The van der Waals surface area contributed by atoms with Crippen molar-refractivity contribution in [2.45, 2.75) is 16.7 Å². The van der Waals surface area contributed by atoms with E-state index in [0.717, 1.165) is 0 Å². The maximum absolute atomic E-state index is 13.4. The molecule has 2 rings (SSSR count). The highest BCUT2D eigenvalue weighted by molar-refractivity contribution is 7.99. The molecule has 0 aliphatic carbocycles. The molecule has 0 atom stereocenters. The summed E-state index contributed by atoms with van der Waals surface area (Å²) in [5.41, 5.74) is 0. The van der Waals surface area contributed by atoms with Crippen LogP contribution >= 0.6 is 11.8 Å². The molecule has 0 aliphatic heterocycles. The molecule has 2 heterocycles. The van der Waals surface area contributed by atoms with Crippen LogP contribution in [0.15, 0.2) is 10.1 Å². The van der Waals surface area contributed by atoms with Gasteiger partial charge in [0.1, 0.15) is 6.61 Å². The van der Waals surface area contributed by atoms with E-state index in [2.05, 4.69) is 15.2 Å². The first-order chi connectivity index (χ1) is 8.95. The molecule has 0 unspecified atom stereocenters. The summed E-state index contributed by atoms with van der Waals surface area (Å²) in [6.07, 6.45) is 0. The van der Waals surface area contributed by atoms with Crippen LogP contribution in [0.2, 0.25) is 0 Å². The predicted molar refractivity (Wildman–Crippen MR) is 55.1 cm³/mol. The molecule has 102 valence electrons. The molecule has 0 bridgehead atoms. The first-order valence-corrected chi connectivity index (χ1v) is 5.64. The number of rotatable bonds is 3. The standard InChI is InChI=1S/C9H6F4N4OS/c1-17-3(2-18)15-16-9(17)19-6-4(10)7(12)14-8(13)5(6)11/h18H,2H2,1H3. The van der Waals surface area contributed by atoms with Crippen LogP contribution in [-0.4, -0.2) is 24.9 Å². The molecular weight excluding hydrogens is 288 g/mol. The van der Waals surface area contributed by atoms with Crippen LogP contribution in [0, 0.1) is 23.5 Å². The van der Waals surface area contributed by atoms with Crippen LogP contribution in [0.4, 0.5) is 17.6 Å². The number of hydrogen-bond donors (Lipinski definition) is 1. The van der Waals surface area contributed by atoms with Gasteiger partial charge in [-0.05, 0) is 11.8 Å². The Morgan fingerprint density at radius 3 is 2.16 bits per heavy atom. The number of aliphatic hydroxyl groups excluding tert-OH is 1. The fraction of sp³-hybridized carbons (Fsp3) is 0.222. The van der Waals surface area contributed by atoms with Crippen molar-refractivity contribution in [3.8, 4) is 0 Å². The van der Waals surface area contributed by atoms with E-state index < -0.39 is 35.0 Å². The summed E-state index contributed by atoms with van der Waals surface area (Å²) < 4.78 is 53.8. The number of hydrogen-bond acceptors (Lipinski definition) is 5. The van der Waals surface area contributed by atoms with Crippen molar-refractivity contribution in [1.82, 2.24) is 19.7 Å². The molecular formula is C9H6F4N4OS. The molecule has 0 radical (unpaired) electrons. The van der Waals surface area contributed by atoms with E-state index in [-0.39, 0.29) is 11.0 Å². The van der Waals surface area contributed by atoms with Crippen LogP contribution in [0.3, 0.4) is 0 Å². The lowest BCUT2D eigenvalue weighted by Crippen LogP contribution is -2.03. The average molecular weight is 294 g/mol. The summed E-state index contributed by atoms with van der Waals surface area (Å²) in [4.78, 5) is 1.53. The monoisotopic (exact) mass is 294 g/mol. The Bertz CT molecular complexity index is 607. The van der Waals surface area contributed by atoms with Crippen LogP contribution in [0.5, 0.6) is 0 Å². The van der Waals surface area contributed by atoms with Gasteiger partial charge < -0.3 is 9.67 Å². The minimum absolute atomic E-state index is 0.0353. The van der Waals surface area contributed by atoms with Gasteiger partial charge >= 0.3 is 0 Å². The maximum Gasteiger partial charge on any atom is 0.252 e. The van der Waals surface area contributed by atoms with Gasteiger partial charge in [0.05, 0.1) is 4.90 Å². The van der Waals surface area contributed by atoms with Crippen molar-refractivity contribution in [2.75, 3.05) is 0 Å². The van der Waals surface area contributed by atoms with E-state index in [4.69, 9.17) is 5.11 Å². The van der Waals surface area contributed by atoms with Crippen molar-refractivity contribution in [3.05, 3.63) is 29.4 Å². The van der Waals surface area contributed by atoms with Gasteiger partial charge in [0.25, 0.3) is 11.9 Å². The summed E-state index contributed by atoms with van der Waals surface area (Å²) in [5.74, 6) is -6.58. The molecule has 0 saturated carbocycles. The Morgan fingerprint density at radius 1 is 1.11 bits per heavy atom. The molecule has 0 saturated heterocycles. The van der Waals surface area contributed by atoms with Crippen LogP contribution in [0.1, 0.15) is 5.82 Å². The van der Waals surface area contributed by atoms with Crippen molar-refractivity contribution in [2.24, 2.45) is 7.05 Å². The van der Waals surface area contributed by atoms with E-state index in [9.17, 15) is 17.6 Å². The highest BCUT2D eigenvalue weighted by Gasteiger charge is 2.23. The molecule has 19 heavy (non-hydrogen) atoms. The first-order valence-electron chi connectivity index (χ1n) is 4.82. The highest BCUT2D eigenvalue weighted by atomic mass is 32.2. The molecule has 10 heteroatoms. The lowest BCUT2D eigenvalue weighted by atomic mass is 10.4. The molecule has 2 aromatic heterocycles. The van der Waals surface area contributed by atoms with E-state index in [1.54, 1.807) is 0 Å². The number of aromatic nitrogens is 4. The molecule has 2 aromatic rings. The van der Waals surface area contributed by atoms with Gasteiger partial charge in [-0.15, -0.1) is 10.2 Å². The van der Waals surface area contributed by atoms with Crippen molar-refractivity contribution in [3.63, 3.8) is 0 Å². The number of pyridine rings is 1. The van der Waals surface area contributed by atoms with Crippen molar-refractivity contribution in [1.29, 1.82) is 0 Å². The molecule has 0 spiro atoms. The van der Waals surface area contributed by atoms with Crippen molar-refractivity contribution < 1.29 is 22.7 Å². The largest absolute Gasteiger partial charge is 0.388 e. The van der Waals surface area contributed by atoms with Crippen LogP contribution < -0.4 is 0 Å². The van der Waals surface area contributed by atoms with Gasteiger partial charge in [-0.2, -0.15) is 13.8 Å². The summed E-state index contributed by atoms with van der Waals surface area (Å²) in [6, 6.07) is 0. The molecule has 1 N–H and O–H groups in total. The summed E-state index contributed by atoms with van der Waals surface area (Å²) in [7, 11) is 1.43. The lowest BCUT2D eigenvalue weighted by Gasteiger charge is -2.05. The summed E-state index contributed by atoms with van der Waals surface area (Å²) in [6.45, 7) is -0.436. The fourth-order valence-corrected chi connectivity index (χ4v) is 2.07. The molecule has 0 amide bonds. The second-order valence-electron chi connectivity index (χ2n) is 3.37. The summed E-state index contributed by atoms with van der Waals surface area (Å²) in [5, 5.41) is 15.9. The second-order valence-corrected chi connectivity index (χ2v) is 4.35. The van der Waals surface area contributed by atoms with E-state index in [0.29, 0.717) is 11.8 Å². The highest BCUT2D eigenvalue weighted by Crippen LogP contribution is 2.32. The van der Waals surface area contributed by atoms with E-state index in [1.807, 2.05) is 0 Å². The third kappa shape index (κ3) is 2.40. The van der Waals surface area contributed by atoms with Crippen LogP contribution in [-0.2, 0) is 13.7 Å². The zero-order chi connectivity index (χ0) is 14.2. The number of halogens is 4. The van der Waals surface area contributed by atoms with Gasteiger partial charge in [-0.1, -0.05) is 0 Å². The maximum atomic E-state index is 13.4. The van der Waals surface area contributed by atoms with Gasteiger partial charge in [-0.3, -0.25) is 0 Å². The van der Waals surface area contributed by atoms with E-state index >= 15 is 0 Å². The predicted octanol–water partition coefficient (Wildman–Crippen LogP) is 1.41. The zero-order valence-corrected chi connectivity index (χ0v) is 10.2. The second kappa shape index (κ2) is 5.13. The minimum Gasteiger partial charge on any atom is -0.388 e. The molecule has 0 fully saturated rings. The Labute approximate surface area is 108 Å². The molecule has 0 aromatic carbocycles. The number of nitrogens with zero attached hydrogens (tertiary/aromatic N) is 4. The third-order valence-corrected chi connectivity index (χ3v) is 3.32. The van der Waals surface area contributed by atoms with Gasteiger partial charge in [0, 0.05) is 7.05 Å². The van der Waals surface area contributed by atoms with Gasteiger partial charge in [0.2, 0.25) is 0 Å². The Balaban J connectivity index is 2.46. The van der Waals surface area contributed by atoms with Crippen LogP contribution in [0.25, 0.3) is 0 Å².